The average Bonchev–Trinajstić information content (AvgIpc) is 2.01. The van der Waals surface area contributed by atoms with Crippen LogP contribution in [0.4, 0.5) is 5.69 Å². The van der Waals surface area contributed by atoms with Gasteiger partial charge < -0.3 is 9.90 Å². The number of carboxylic acids is 1. The fourth-order valence-electron chi connectivity index (χ4n) is 0.802. The molecule has 0 spiro atoms. The van der Waals surface area contributed by atoms with Gasteiger partial charge in [-0.1, -0.05) is 0 Å². The van der Waals surface area contributed by atoms with Gasteiger partial charge in [-0.2, -0.15) is 0 Å². The average molecular weight is 223 g/mol. The number of nitro groups is 1. The van der Waals surface area contributed by atoms with Crippen molar-refractivity contribution in [3.8, 4) is 0 Å². The zero-order valence-corrected chi connectivity index (χ0v) is 9.40. The molecule has 0 aliphatic heterocycles. The van der Waals surface area contributed by atoms with Crippen LogP contribution in [0.5, 0.6) is 0 Å². The Hall–Kier alpha value is -1.45. The summed E-state index contributed by atoms with van der Waals surface area (Å²) in [6, 6.07) is 0. The monoisotopic (exact) mass is 223 g/mol. The molecule has 0 amide bonds. The number of nitrogens with zero attached hydrogens (tertiary/aromatic N) is 1. The molecule has 15 heavy (non-hydrogen) atoms. The van der Waals surface area contributed by atoms with E-state index in [9.17, 15) is 29.6 Å². The van der Waals surface area contributed by atoms with Crippen LogP contribution < -0.4 is 45.9 Å². The van der Waals surface area contributed by atoms with E-state index < -0.39 is 33.5 Å². The normalized spacial score (nSPS) is 9.07. The largest absolute Gasteiger partial charge is 1.00 e. The van der Waals surface area contributed by atoms with Crippen LogP contribution in [0.2, 0.25) is 0 Å². The van der Waals surface area contributed by atoms with Crippen LogP contribution in [0.15, 0.2) is 9.59 Å². The van der Waals surface area contributed by atoms with E-state index in [0.717, 1.165) is 0 Å². The summed E-state index contributed by atoms with van der Waals surface area (Å²) in [5, 5.41) is 20.5. The minimum Gasteiger partial charge on any atom is -0.543 e. The molecule has 1 heterocycles. The molecule has 1 aromatic heterocycles. The molecule has 0 atom stereocenters. The van der Waals surface area contributed by atoms with Crippen LogP contribution in [0, 0.1) is 10.1 Å². The van der Waals surface area contributed by atoms with Gasteiger partial charge in [-0.3, -0.25) is 24.9 Å². The summed E-state index contributed by atoms with van der Waals surface area (Å²) in [6.07, 6.45) is 0. The van der Waals surface area contributed by atoms with E-state index in [-0.39, 0.29) is 29.6 Å². The van der Waals surface area contributed by atoms with Crippen molar-refractivity contribution in [3.05, 3.63) is 36.6 Å². The minimum absolute atomic E-state index is 0. The van der Waals surface area contributed by atoms with Crippen molar-refractivity contribution < 1.29 is 44.4 Å². The summed E-state index contributed by atoms with van der Waals surface area (Å²) in [6.45, 7) is 0. The van der Waals surface area contributed by atoms with Gasteiger partial charge in [-0.25, -0.2) is 4.79 Å². The molecule has 1 rings (SSSR count). The predicted molar refractivity (Wildman–Crippen MR) is 38.7 cm³/mol. The Kier molecular flexibility index (Phi) is 4.40. The number of hydrogen-bond acceptors (Lipinski definition) is 6. The Morgan fingerprint density at radius 3 is 2.20 bits per heavy atom. The quantitative estimate of drug-likeness (QED) is 0.290. The van der Waals surface area contributed by atoms with Gasteiger partial charge in [0.1, 0.15) is 0 Å². The van der Waals surface area contributed by atoms with Gasteiger partial charge in [-0.05, 0) is 0 Å². The van der Waals surface area contributed by atoms with Gasteiger partial charge in [0, 0.05) is 0 Å². The SMILES string of the molecule is O=C([O-])c1[nH]c(=O)[nH]c(=O)c1[N+](=O)[O-].[Na+]. The zero-order chi connectivity index (χ0) is 10.9. The summed E-state index contributed by atoms with van der Waals surface area (Å²) in [7, 11) is 0. The van der Waals surface area contributed by atoms with Crippen LogP contribution in [-0.2, 0) is 0 Å². The van der Waals surface area contributed by atoms with E-state index in [2.05, 4.69) is 0 Å². The van der Waals surface area contributed by atoms with Crippen molar-refractivity contribution in [2.75, 3.05) is 0 Å². The number of aromatic nitrogens is 2. The van der Waals surface area contributed by atoms with Gasteiger partial charge in [0.2, 0.25) is 0 Å². The predicted octanol–water partition coefficient (Wildman–Crippen LogP) is -5.66. The van der Waals surface area contributed by atoms with E-state index in [1.165, 1.54) is 4.98 Å². The smallest absolute Gasteiger partial charge is 0.543 e. The number of hydrogen-bond donors (Lipinski definition) is 2. The Morgan fingerprint density at radius 1 is 1.27 bits per heavy atom. The minimum atomic E-state index is -2.00. The molecule has 0 aliphatic rings. The molecular weight excluding hydrogens is 221 g/mol. The molecule has 2 N–H and O–H groups in total. The van der Waals surface area contributed by atoms with Crippen molar-refractivity contribution in [3.63, 3.8) is 0 Å². The molecule has 0 saturated heterocycles. The Labute approximate surface area is 103 Å². The third kappa shape index (κ3) is 2.75. The molecule has 0 radical (unpaired) electrons. The van der Waals surface area contributed by atoms with Crippen LogP contribution in [0.25, 0.3) is 0 Å². The van der Waals surface area contributed by atoms with E-state index in [0.29, 0.717) is 0 Å². The van der Waals surface area contributed by atoms with Gasteiger partial charge in [0.05, 0.1) is 10.9 Å². The summed E-state index contributed by atoms with van der Waals surface area (Å²) < 4.78 is 0. The van der Waals surface area contributed by atoms with Crippen molar-refractivity contribution in [2.45, 2.75) is 0 Å². The molecule has 0 aromatic carbocycles. The number of rotatable bonds is 2. The number of H-pyrrole nitrogens is 2. The van der Waals surface area contributed by atoms with Crippen molar-refractivity contribution in [1.82, 2.24) is 9.97 Å². The fourth-order valence-corrected chi connectivity index (χ4v) is 0.802. The second-order valence-electron chi connectivity index (χ2n) is 2.18. The number of aromatic amines is 2. The van der Waals surface area contributed by atoms with Crippen LogP contribution >= 0.6 is 0 Å². The molecule has 1 aromatic rings. The van der Waals surface area contributed by atoms with Crippen molar-refractivity contribution in [2.24, 2.45) is 0 Å². The Morgan fingerprint density at radius 2 is 1.80 bits per heavy atom. The summed E-state index contributed by atoms with van der Waals surface area (Å²) >= 11 is 0. The molecule has 74 valence electrons. The van der Waals surface area contributed by atoms with E-state index in [1.807, 2.05) is 0 Å². The van der Waals surface area contributed by atoms with Crippen molar-refractivity contribution in [1.29, 1.82) is 0 Å². The summed E-state index contributed by atoms with van der Waals surface area (Å²) in [4.78, 5) is 43.8. The first-order valence-electron chi connectivity index (χ1n) is 3.16. The number of nitrogens with one attached hydrogen (secondary N) is 2. The first-order chi connectivity index (χ1) is 6.43. The topological polar surface area (TPSA) is 149 Å². The van der Waals surface area contributed by atoms with Crippen LogP contribution in [-0.4, -0.2) is 20.9 Å². The number of carboxylic acid groups (broad SMARTS) is 1. The molecule has 10 heteroatoms. The third-order valence-corrected chi connectivity index (χ3v) is 1.30. The van der Waals surface area contributed by atoms with Crippen molar-refractivity contribution >= 4 is 11.7 Å². The first kappa shape index (κ1) is 13.6. The Bertz CT molecular complexity index is 516. The molecule has 0 fully saturated rings. The van der Waals surface area contributed by atoms with Gasteiger partial charge in [-0.15, -0.1) is 0 Å². The molecule has 9 nitrogen and oxygen atoms in total. The second kappa shape index (κ2) is 4.87. The maximum absolute atomic E-state index is 10.8. The summed E-state index contributed by atoms with van der Waals surface area (Å²) in [5.41, 5.74) is -4.95. The number of aromatic carboxylic acids is 1. The van der Waals surface area contributed by atoms with E-state index in [1.54, 1.807) is 4.98 Å². The number of carbonyl (C=O) groups excluding carboxylic acids is 1. The molecule has 0 saturated carbocycles. The molecule has 0 unspecified atom stereocenters. The van der Waals surface area contributed by atoms with E-state index in [4.69, 9.17) is 0 Å². The second-order valence-corrected chi connectivity index (χ2v) is 2.18. The van der Waals surface area contributed by atoms with Crippen LogP contribution in [0.1, 0.15) is 10.5 Å². The molecular formula is C5H2N3NaO6. The zero-order valence-electron chi connectivity index (χ0n) is 7.40. The Balaban J connectivity index is 0.00000196. The van der Waals surface area contributed by atoms with Gasteiger partial charge >= 0.3 is 46.5 Å². The third-order valence-electron chi connectivity index (χ3n) is 1.30. The standard InChI is InChI=1S/C5H3N3O6.Na/c9-3-2(8(13)14)1(4(10)11)6-5(12)7-3;/h(H,10,11)(H2,6,7,9,12);/q;+1/p-1. The van der Waals surface area contributed by atoms with Gasteiger partial charge in [0.25, 0.3) is 0 Å². The number of carbonyl (C=O) groups is 1. The summed E-state index contributed by atoms with van der Waals surface area (Å²) in [5.74, 6) is -2.00. The maximum Gasteiger partial charge on any atom is 1.00 e. The fraction of sp³-hybridized carbons (Fsp3) is 0. The van der Waals surface area contributed by atoms with Gasteiger partial charge in [0.15, 0.2) is 5.69 Å². The maximum atomic E-state index is 10.8. The van der Waals surface area contributed by atoms with E-state index >= 15 is 0 Å². The molecule has 0 aliphatic carbocycles. The van der Waals surface area contributed by atoms with Crippen LogP contribution in [0.3, 0.4) is 0 Å². The first-order valence-corrected chi connectivity index (χ1v) is 3.16. The molecule has 0 bridgehead atoms.